The molecule has 0 spiro atoms. The van der Waals surface area contributed by atoms with Gasteiger partial charge in [0, 0.05) is 18.5 Å². The molecule has 20 heavy (non-hydrogen) atoms. The maximum Gasteiger partial charge on any atom is 0.218 e. The summed E-state index contributed by atoms with van der Waals surface area (Å²) < 4.78 is 5.47. The normalized spacial score (nSPS) is 10.3. The summed E-state index contributed by atoms with van der Waals surface area (Å²) >= 11 is 5.76. The molecule has 0 aliphatic carbocycles. The molecule has 0 fully saturated rings. The summed E-state index contributed by atoms with van der Waals surface area (Å²) in [4.78, 5) is 8.24. The van der Waals surface area contributed by atoms with Crippen LogP contribution in [0.25, 0.3) is 0 Å². The molecule has 0 amide bonds. The van der Waals surface area contributed by atoms with Crippen LogP contribution in [0.3, 0.4) is 0 Å². The Balaban J connectivity index is 1.92. The number of alkyl halides is 1. The Morgan fingerprint density at radius 2 is 1.90 bits per heavy atom. The average Bonchev–Trinajstić information content (AvgIpc) is 2.52. The minimum atomic E-state index is 0.539. The highest BCUT2D eigenvalue weighted by Crippen LogP contribution is 2.13. The molecule has 0 aliphatic heterocycles. The van der Waals surface area contributed by atoms with Gasteiger partial charge in [-0.05, 0) is 17.5 Å². The van der Waals surface area contributed by atoms with Crippen molar-refractivity contribution < 1.29 is 4.74 Å². The number of rotatable bonds is 7. The molecule has 0 unspecified atom stereocenters. The van der Waals surface area contributed by atoms with Crippen molar-refractivity contribution in [2.45, 2.75) is 25.8 Å². The topological polar surface area (TPSA) is 47.0 Å². The third-order valence-electron chi connectivity index (χ3n) is 2.75. The van der Waals surface area contributed by atoms with Crippen LogP contribution in [0.1, 0.15) is 24.5 Å². The van der Waals surface area contributed by atoms with Gasteiger partial charge in [0.1, 0.15) is 12.1 Å². The quantitative estimate of drug-likeness (QED) is 0.792. The number of benzene rings is 1. The summed E-state index contributed by atoms with van der Waals surface area (Å²) in [5.74, 6) is 1.90. The number of hydrogen-bond donors (Lipinski definition) is 1. The molecule has 0 radical (unpaired) electrons. The van der Waals surface area contributed by atoms with Crippen LogP contribution in [0.15, 0.2) is 36.7 Å². The second-order valence-electron chi connectivity index (χ2n) is 4.39. The zero-order chi connectivity index (χ0) is 14.2. The summed E-state index contributed by atoms with van der Waals surface area (Å²) in [5.41, 5.74) is 2.29. The van der Waals surface area contributed by atoms with Gasteiger partial charge in [0.15, 0.2) is 0 Å². The SMILES string of the molecule is CCCOc1cc(NCc2ccc(CCl)cc2)ncn1. The van der Waals surface area contributed by atoms with Gasteiger partial charge in [0.05, 0.1) is 6.61 Å². The van der Waals surface area contributed by atoms with E-state index in [2.05, 4.69) is 34.3 Å². The number of anilines is 1. The minimum Gasteiger partial charge on any atom is -0.478 e. The van der Waals surface area contributed by atoms with Crippen molar-refractivity contribution in [2.75, 3.05) is 11.9 Å². The molecular weight excluding hydrogens is 274 g/mol. The number of halogens is 1. The summed E-state index contributed by atoms with van der Waals surface area (Å²) in [7, 11) is 0. The maximum absolute atomic E-state index is 5.76. The van der Waals surface area contributed by atoms with Gasteiger partial charge in [0.25, 0.3) is 0 Å². The minimum absolute atomic E-state index is 0.539. The van der Waals surface area contributed by atoms with Gasteiger partial charge in [-0.1, -0.05) is 31.2 Å². The van der Waals surface area contributed by atoms with Crippen LogP contribution in [0, 0.1) is 0 Å². The van der Waals surface area contributed by atoms with Crippen molar-refractivity contribution in [3.05, 3.63) is 47.8 Å². The first-order chi connectivity index (χ1) is 9.81. The lowest BCUT2D eigenvalue weighted by molar-refractivity contribution is 0.305. The number of nitrogens with one attached hydrogen (secondary N) is 1. The second kappa shape index (κ2) is 7.70. The van der Waals surface area contributed by atoms with Gasteiger partial charge in [0.2, 0.25) is 5.88 Å². The van der Waals surface area contributed by atoms with E-state index in [-0.39, 0.29) is 0 Å². The van der Waals surface area contributed by atoms with Gasteiger partial charge in [-0.15, -0.1) is 11.6 Å². The Morgan fingerprint density at radius 1 is 1.15 bits per heavy atom. The molecule has 1 N–H and O–H groups in total. The first kappa shape index (κ1) is 14.6. The monoisotopic (exact) mass is 291 g/mol. The summed E-state index contributed by atoms with van der Waals surface area (Å²) in [6.07, 6.45) is 2.46. The van der Waals surface area contributed by atoms with E-state index in [9.17, 15) is 0 Å². The van der Waals surface area contributed by atoms with E-state index in [4.69, 9.17) is 16.3 Å². The molecular formula is C15H18ClN3O. The van der Waals surface area contributed by atoms with E-state index in [1.165, 1.54) is 11.9 Å². The van der Waals surface area contributed by atoms with Crippen molar-refractivity contribution in [3.63, 3.8) is 0 Å². The Bertz CT molecular complexity index is 531. The fourth-order valence-electron chi connectivity index (χ4n) is 1.66. The van der Waals surface area contributed by atoms with Crippen molar-refractivity contribution in [1.82, 2.24) is 9.97 Å². The molecule has 4 nitrogen and oxygen atoms in total. The zero-order valence-electron chi connectivity index (χ0n) is 11.5. The van der Waals surface area contributed by atoms with Crippen molar-refractivity contribution in [3.8, 4) is 5.88 Å². The van der Waals surface area contributed by atoms with E-state index in [1.54, 1.807) is 0 Å². The molecule has 1 aromatic heterocycles. The lowest BCUT2D eigenvalue weighted by Gasteiger charge is -2.08. The lowest BCUT2D eigenvalue weighted by atomic mass is 10.1. The van der Waals surface area contributed by atoms with Crippen LogP contribution in [0.5, 0.6) is 5.88 Å². The smallest absolute Gasteiger partial charge is 0.218 e. The third-order valence-corrected chi connectivity index (χ3v) is 3.06. The Kier molecular flexibility index (Phi) is 5.62. The molecule has 106 valence electrons. The molecule has 0 atom stereocenters. The van der Waals surface area contributed by atoms with Crippen LogP contribution >= 0.6 is 11.6 Å². The van der Waals surface area contributed by atoms with Gasteiger partial charge >= 0.3 is 0 Å². The standard InChI is InChI=1S/C15H18ClN3O/c1-2-7-20-15-8-14(18-11-19-15)17-10-13-5-3-12(9-16)4-6-13/h3-6,8,11H,2,7,9-10H2,1H3,(H,17,18,19). The number of hydrogen-bond acceptors (Lipinski definition) is 4. The second-order valence-corrected chi connectivity index (χ2v) is 4.66. The van der Waals surface area contributed by atoms with E-state index in [0.29, 0.717) is 24.9 Å². The largest absolute Gasteiger partial charge is 0.478 e. The molecule has 1 aromatic carbocycles. The highest BCUT2D eigenvalue weighted by molar-refractivity contribution is 6.17. The summed E-state index contributed by atoms with van der Waals surface area (Å²) in [6, 6.07) is 9.98. The van der Waals surface area contributed by atoms with Crippen LogP contribution in [-0.4, -0.2) is 16.6 Å². The zero-order valence-corrected chi connectivity index (χ0v) is 12.2. The van der Waals surface area contributed by atoms with Crippen molar-refractivity contribution in [2.24, 2.45) is 0 Å². The van der Waals surface area contributed by atoms with Crippen molar-refractivity contribution >= 4 is 17.4 Å². The van der Waals surface area contributed by atoms with Crippen LogP contribution in [-0.2, 0) is 12.4 Å². The summed E-state index contributed by atoms with van der Waals surface area (Å²) in [5, 5.41) is 3.25. The molecule has 1 heterocycles. The number of ether oxygens (including phenoxy) is 1. The predicted molar refractivity (Wildman–Crippen MR) is 81.1 cm³/mol. The highest BCUT2D eigenvalue weighted by atomic mass is 35.5. The van der Waals surface area contributed by atoms with E-state index in [0.717, 1.165) is 17.8 Å². The molecule has 2 rings (SSSR count). The van der Waals surface area contributed by atoms with E-state index >= 15 is 0 Å². The van der Waals surface area contributed by atoms with Crippen molar-refractivity contribution in [1.29, 1.82) is 0 Å². The fraction of sp³-hybridized carbons (Fsp3) is 0.333. The molecule has 0 bridgehead atoms. The van der Waals surface area contributed by atoms with Gasteiger partial charge in [-0.2, -0.15) is 0 Å². The maximum atomic E-state index is 5.76. The lowest BCUT2D eigenvalue weighted by Crippen LogP contribution is -2.03. The Morgan fingerprint density at radius 3 is 2.60 bits per heavy atom. The number of aromatic nitrogens is 2. The molecule has 5 heteroatoms. The fourth-order valence-corrected chi connectivity index (χ4v) is 1.84. The van der Waals surface area contributed by atoms with E-state index in [1.807, 2.05) is 18.2 Å². The first-order valence-electron chi connectivity index (χ1n) is 6.64. The van der Waals surface area contributed by atoms with Gasteiger partial charge in [-0.3, -0.25) is 0 Å². The number of nitrogens with zero attached hydrogens (tertiary/aromatic N) is 2. The summed E-state index contributed by atoms with van der Waals surface area (Å²) in [6.45, 7) is 3.42. The average molecular weight is 292 g/mol. The highest BCUT2D eigenvalue weighted by Gasteiger charge is 2.00. The predicted octanol–water partition coefficient (Wildman–Crippen LogP) is 3.62. The molecule has 2 aromatic rings. The third kappa shape index (κ3) is 4.38. The molecule has 0 aliphatic rings. The van der Waals surface area contributed by atoms with Crippen LogP contribution in [0.2, 0.25) is 0 Å². The Hall–Kier alpha value is -1.81. The molecule has 0 saturated heterocycles. The van der Waals surface area contributed by atoms with Gasteiger partial charge in [-0.25, -0.2) is 9.97 Å². The van der Waals surface area contributed by atoms with Crippen LogP contribution < -0.4 is 10.1 Å². The van der Waals surface area contributed by atoms with E-state index < -0.39 is 0 Å². The Labute approximate surface area is 124 Å². The first-order valence-corrected chi connectivity index (χ1v) is 7.17. The van der Waals surface area contributed by atoms with Crippen LogP contribution in [0.4, 0.5) is 5.82 Å². The van der Waals surface area contributed by atoms with Gasteiger partial charge < -0.3 is 10.1 Å². The molecule has 0 saturated carbocycles.